The third kappa shape index (κ3) is 3.86. The Bertz CT molecular complexity index is 407. The van der Waals surface area contributed by atoms with E-state index >= 15 is 0 Å². The number of aliphatic hydroxyl groups excluding tert-OH is 1. The van der Waals surface area contributed by atoms with Gasteiger partial charge in [0.05, 0.1) is 25.3 Å². The molecule has 0 unspecified atom stereocenters. The summed E-state index contributed by atoms with van der Waals surface area (Å²) in [4.78, 5) is 0. The fraction of sp³-hybridized carbons (Fsp3) is 0.538. The highest BCUT2D eigenvalue weighted by atomic mass is 79.9. The number of benzene rings is 1. The minimum Gasteiger partial charge on any atom is -0.493 e. The number of nitrogens with one attached hydrogen (secondary N) is 1. The molecule has 0 heterocycles. The molecule has 0 radical (unpaired) electrons. The van der Waals surface area contributed by atoms with Gasteiger partial charge in [-0.25, -0.2) is 0 Å². The Morgan fingerprint density at radius 3 is 2.44 bits per heavy atom. The van der Waals surface area contributed by atoms with Gasteiger partial charge in [0.1, 0.15) is 0 Å². The van der Waals surface area contributed by atoms with E-state index in [2.05, 4.69) is 21.2 Å². The normalized spacial score (nSPS) is 11.4. The lowest BCUT2D eigenvalue weighted by molar-refractivity contribution is 0.187. The lowest BCUT2D eigenvalue weighted by Crippen LogP contribution is -2.42. The second-order valence-electron chi connectivity index (χ2n) is 4.71. The van der Waals surface area contributed by atoms with Crippen molar-refractivity contribution in [2.75, 3.05) is 20.8 Å². The lowest BCUT2D eigenvalue weighted by atomic mass is 10.1. The lowest BCUT2D eigenvalue weighted by Gasteiger charge is -2.24. The second kappa shape index (κ2) is 6.41. The van der Waals surface area contributed by atoms with Gasteiger partial charge in [-0.2, -0.15) is 0 Å². The van der Waals surface area contributed by atoms with Gasteiger partial charge in [-0.15, -0.1) is 0 Å². The Kier molecular flexibility index (Phi) is 5.44. The molecular weight excluding hydrogens is 298 g/mol. The summed E-state index contributed by atoms with van der Waals surface area (Å²) in [6.07, 6.45) is 0. The molecule has 0 fully saturated rings. The van der Waals surface area contributed by atoms with Crippen molar-refractivity contribution < 1.29 is 14.6 Å². The fourth-order valence-corrected chi connectivity index (χ4v) is 2.12. The summed E-state index contributed by atoms with van der Waals surface area (Å²) in [5.41, 5.74) is 0.751. The van der Waals surface area contributed by atoms with Crippen molar-refractivity contribution in [3.8, 4) is 11.5 Å². The maximum absolute atomic E-state index is 9.19. The van der Waals surface area contributed by atoms with E-state index in [1.54, 1.807) is 14.2 Å². The standard InChI is InChI=1S/C13H20BrNO3/c1-13(2,8-16)15-7-9-5-10(14)12(18-4)11(6-9)17-3/h5-6,15-16H,7-8H2,1-4H3. The minimum atomic E-state index is -0.306. The number of methoxy groups -OCH3 is 2. The molecule has 1 rings (SSSR count). The highest BCUT2D eigenvalue weighted by Gasteiger charge is 2.16. The predicted octanol–water partition coefficient (Wildman–Crippen LogP) is 2.33. The van der Waals surface area contributed by atoms with Crippen LogP contribution in [0.15, 0.2) is 16.6 Å². The maximum Gasteiger partial charge on any atom is 0.174 e. The zero-order valence-corrected chi connectivity index (χ0v) is 12.8. The van der Waals surface area contributed by atoms with Crippen LogP contribution in [0.2, 0.25) is 0 Å². The molecule has 0 bridgehead atoms. The van der Waals surface area contributed by atoms with Crippen molar-refractivity contribution >= 4 is 15.9 Å². The first-order chi connectivity index (χ1) is 8.43. The van der Waals surface area contributed by atoms with Crippen molar-refractivity contribution in [1.82, 2.24) is 5.32 Å². The number of hydrogen-bond donors (Lipinski definition) is 2. The van der Waals surface area contributed by atoms with Crippen LogP contribution in [-0.2, 0) is 6.54 Å². The van der Waals surface area contributed by atoms with E-state index in [0.717, 1.165) is 10.0 Å². The molecule has 0 aromatic heterocycles. The molecule has 2 N–H and O–H groups in total. The molecule has 0 amide bonds. The van der Waals surface area contributed by atoms with Crippen LogP contribution in [0.3, 0.4) is 0 Å². The van der Waals surface area contributed by atoms with Gasteiger partial charge in [-0.3, -0.25) is 0 Å². The van der Waals surface area contributed by atoms with Crippen molar-refractivity contribution in [2.24, 2.45) is 0 Å². The molecule has 18 heavy (non-hydrogen) atoms. The Morgan fingerprint density at radius 2 is 1.94 bits per heavy atom. The zero-order valence-electron chi connectivity index (χ0n) is 11.2. The van der Waals surface area contributed by atoms with Gasteiger partial charge in [0.25, 0.3) is 0 Å². The highest BCUT2D eigenvalue weighted by Crippen LogP contribution is 2.36. The van der Waals surface area contributed by atoms with E-state index in [0.29, 0.717) is 18.0 Å². The van der Waals surface area contributed by atoms with Crippen molar-refractivity contribution in [2.45, 2.75) is 25.9 Å². The van der Waals surface area contributed by atoms with Crippen LogP contribution < -0.4 is 14.8 Å². The SMILES string of the molecule is COc1cc(CNC(C)(C)CO)cc(Br)c1OC. The first-order valence-corrected chi connectivity index (χ1v) is 6.49. The summed E-state index contributed by atoms with van der Waals surface area (Å²) in [5, 5.41) is 12.5. The molecule has 0 aliphatic rings. The first-order valence-electron chi connectivity index (χ1n) is 5.70. The molecule has 0 saturated heterocycles. The Hall–Kier alpha value is -0.780. The Morgan fingerprint density at radius 1 is 1.28 bits per heavy atom. The van der Waals surface area contributed by atoms with Crippen LogP contribution >= 0.6 is 15.9 Å². The Balaban J connectivity index is 2.88. The third-order valence-corrected chi connectivity index (χ3v) is 3.25. The summed E-state index contributed by atoms with van der Waals surface area (Å²) >= 11 is 3.45. The summed E-state index contributed by atoms with van der Waals surface area (Å²) in [6, 6.07) is 3.89. The number of aliphatic hydroxyl groups is 1. The Labute approximate surface area is 116 Å². The quantitative estimate of drug-likeness (QED) is 0.845. The van der Waals surface area contributed by atoms with E-state index in [9.17, 15) is 5.11 Å². The van der Waals surface area contributed by atoms with E-state index in [1.165, 1.54) is 0 Å². The zero-order chi connectivity index (χ0) is 13.8. The van der Waals surface area contributed by atoms with Crippen molar-refractivity contribution in [3.63, 3.8) is 0 Å². The summed E-state index contributed by atoms with van der Waals surface area (Å²) < 4.78 is 11.4. The molecular formula is C13H20BrNO3. The van der Waals surface area contributed by atoms with Gasteiger partial charge in [0.15, 0.2) is 11.5 Å². The van der Waals surface area contributed by atoms with Crippen LogP contribution in [0, 0.1) is 0 Å². The van der Waals surface area contributed by atoms with E-state index in [-0.39, 0.29) is 12.1 Å². The molecule has 0 aliphatic carbocycles. The van der Waals surface area contributed by atoms with E-state index in [1.807, 2.05) is 26.0 Å². The number of halogens is 1. The van der Waals surface area contributed by atoms with Gasteiger partial charge >= 0.3 is 0 Å². The van der Waals surface area contributed by atoms with E-state index in [4.69, 9.17) is 9.47 Å². The number of ether oxygens (including phenoxy) is 2. The van der Waals surface area contributed by atoms with Gasteiger partial charge in [-0.05, 0) is 47.5 Å². The maximum atomic E-state index is 9.19. The molecule has 5 heteroatoms. The molecule has 1 aromatic carbocycles. The van der Waals surface area contributed by atoms with Crippen LogP contribution in [0.25, 0.3) is 0 Å². The molecule has 0 spiro atoms. The van der Waals surface area contributed by atoms with Crippen LogP contribution in [-0.4, -0.2) is 31.5 Å². The monoisotopic (exact) mass is 317 g/mol. The smallest absolute Gasteiger partial charge is 0.174 e. The van der Waals surface area contributed by atoms with Crippen LogP contribution in [0.4, 0.5) is 0 Å². The number of hydrogen-bond acceptors (Lipinski definition) is 4. The molecule has 4 nitrogen and oxygen atoms in total. The average molecular weight is 318 g/mol. The van der Waals surface area contributed by atoms with Gasteiger partial charge in [-0.1, -0.05) is 0 Å². The van der Waals surface area contributed by atoms with Crippen LogP contribution in [0.1, 0.15) is 19.4 Å². The summed E-state index contributed by atoms with van der Waals surface area (Å²) in [6.45, 7) is 4.62. The molecule has 0 atom stereocenters. The van der Waals surface area contributed by atoms with Gasteiger partial charge in [0.2, 0.25) is 0 Å². The third-order valence-electron chi connectivity index (χ3n) is 2.66. The molecule has 0 saturated carbocycles. The van der Waals surface area contributed by atoms with Gasteiger partial charge < -0.3 is 19.9 Å². The predicted molar refractivity (Wildman–Crippen MR) is 75.3 cm³/mol. The summed E-state index contributed by atoms with van der Waals surface area (Å²) in [5.74, 6) is 1.37. The van der Waals surface area contributed by atoms with Crippen molar-refractivity contribution in [1.29, 1.82) is 0 Å². The molecule has 0 aliphatic heterocycles. The minimum absolute atomic E-state index is 0.0848. The van der Waals surface area contributed by atoms with Crippen LogP contribution in [0.5, 0.6) is 11.5 Å². The topological polar surface area (TPSA) is 50.7 Å². The van der Waals surface area contributed by atoms with Crippen molar-refractivity contribution in [3.05, 3.63) is 22.2 Å². The van der Waals surface area contributed by atoms with Gasteiger partial charge in [0, 0.05) is 12.1 Å². The first kappa shape index (κ1) is 15.3. The number of rotatable bonds is 6. The highest BCUT2D eigenvalue weighted by molar-refractivity contribution is 9.10. The van der Waals surface area contributed by atoms with E-state index < -0.39 is 0 Å². The molecule has 1 aromatic rings. The summed E-state index contributed by atoms with van der Waals surface area (Å²) in [7, 11) is 3.22. The largest absolute Gasteiger partial charge is 0.493 e. The second-order valence-corrected chi connectivity index (χ2v) is 5.56. The fourth-order valence-electron chi connectivity index (χ4n) is 1.47. The molecule has 102 valence electrons. The average Bonchev–Trinajstić information content (AvgIpc) is 2.35.